The summed E-state index contributed by atoms with van der Waals surface area (Å²) < 4.78 is 41.0. The highest BCUT2D eigenvalue weighted by Crippen LogP contribution is 2.24. The van der Waals surface area contributed by atoms with Crippen LogP contribution in [0.3, 0.4) is 0 Å². The zero-order valence-electron chi connectivity index (χ0n) is 6.40. The predicted octanol–water partition coefficient (Wildman–Crippen LogP) is 2.75. The van der Waals surface area contributed by atoms with Gasteiger partial charge in [0.15, 0.2) is 0 Å². The number of ether oxygens (including phenoxy) is 1. The van der Waals surface area contributed by atoms with Gasteiger partial charge in [-0.1, -0.05) is 17.7 Å². The second-order valence-electron chi connectivity index (χ2n) is 2.19. The Bertz CT molecular complexity index is 139. The molecule has 0 aromatic heterocycles. The summed E-state index contributed by atoms with van der Waals surface area (Å²) in [5, 5.41) is 0. The fourth-order valence-electron chi connectivity index (χ4n) is 0.438. The van der Waals surface area contributed by atoms with Crippen LogP contribution in [-0.4, -0.2) is 24.8 Å². The van der Waals surface area contributed by atoms with Gasteiger partial charge in [0.05, 0.1) is 6.61 Å². The zero-order chi connectivity index (χ0) is 9.61. The van der Waals surface area contributed by atoms with Gasteiger partial charge in [0.1, 0.15) is 6.61 Å². The summed E-state index contributed by atoms with van der Waals surface area (Å²) >= 11 is 4.57. The van der Waals surface area contributed by atoms with E-state index in [0.717, 1.165) is 0 Å². The molecule has 0 aliphatic rings. The maximum absolute atomic E-state index is 12.3. The summed E-state index contributed by atoms with van der Waals surface area (Å²) in [6.07, 6.45) is 1.97. The van der Waals surface area contributed by atoms with Gasteiger partial charge in [-0.25, -0.2) is 4.39 Å². The molecule has 0 radical (unpaired) electrons. The maximum Gasteiger partial charge on any atom is 0.315 e. The number of hydrogen-bond donors (Lipinski definition) is 0. The fourth-order valence-corrected chi connectivity index (χ4v) is 0.501. The minimum Gasteiger partial charge on any atom is -0.375 e. The molecule has 0 amide bonds. The third kappa shape index (κ3) is 4.62. The lowest BCUT2D eigenvalue weighted by molar-refractivity contribution is -0.102. The molecule has 0 heterocycles. The second kappa shape index (κ2) is 5.43. The van der Waals surface area contributed by atoms with Crippen LogP contribution in [0.5, 0.6) is 0 Å². The molecular formula is C7H10ClF3O. The van der Waals surface area contributed by atoms with Crippen LogP contribution in [0.25, 0.3) is 0 Å². The Morgan fingerprint density at radius 3 is 2.58 bits per heavy atom. The van der Waals surface area contributed by atoms with E-state index in [4.69, 9.17) is 0 Å². The number of hydrogen-bond acceptors (Lipinski definition) is 1. The summed E-state index contributed by atoms with van der Waals surface area (Å²) in [6.45, 7) is 2.47. The van der Waals surface area contributed by atoms with Crippen LogP contribution in [0.2, 0.25) is 0 Å². The lowest BCUT2D eigenvalue weighted by Gasteiger charge is -2.15. The second-order valence-corrected chi connectivity index (χ2v) is 2.57. The van der Waals surface area contributed by atoms with E-state index >= 15 is 0 Å². The van der Waals surface area contributed by atoms with Crippen molar-refractivity contribution in [1.82, 2.24) is 0 Å². The number of rotatable bonds is 6. The highest BCUT2D eigenvalue weighted by molar-refractivity contribution is 6.20. The van der Waals surface area contributed by atoms with Gasteiger partial charge in [0.2, 0.25) is 5.63 Å². The number of alkyl halides is 4. The molecule has 0 saturated heterocycles. The highest BCUT2D eigenvalue weighted by Gasteiger charge is 2.38. The quantitative estimate of drug-likeness (QED) is 0.366. The van der Waals surface area contributed by atoms with E-state index in [1.807, 2.05) is 0 Å². The summed E-state index contributed by atoms with van der Waals surface area (Å²) in [6, 6.07) is 0. The van der Waals surface area contributed by atoms with Gasteiger partial charge in [0.25, 0.3) is 0 Å². The van der Waals surface area contributed by atoms with Crippen LogP contribution in [0, 0.1) is 0 Å². The van der Waals surface area contributed by atoms with Crippen molar-refractivity contribution in [3.63, 3.8) is 0 Å². The topological polar surface area (TPSA) is 9.23 Å². The minimum atomic E-state index is -3.61. The lowest BCUT2D eigenvalue weighted by Crippen LogP contribution is -2.31. The molecule has 1 unspecified atom stereocenters. The molecule has 0 bridgehead atoms. The molecule has 1 atom stereocenters. The molecule has 0 N–H and O–H groups in total. The molecule has 0 rings (SSSR count). The van der Waals surface area contributed by atoms with Gasteiger partial charge in [0, 0.05) is 0 Å². The standard InChI is InChI=1S/C7H10ClF3O/c1-2-3-4-12-5-7(10,11)6(8)9/h2,6H,1,3-5H2. The van der Waals surface area contributed by atoms with Crippen LogP contribution < -0.4 is 0 Å². The average Bonchev–Trinajstić information content (AvgIpc) is 1.98. The normalized spacial score (nSPS) is 14.3. The molecule has 72 valence electrons. The monoisotopic (exact) mass is 202 g/mol. The molecule has 0 aliphatic carbocycles. The SMILES string of the molecule is C=CCCOCC(F)(F)C(F)Cl. The van der Waals surface area contributed by atoms with Crippen molar-refractivity contribution >= 4 is 11.6 Å². The van der Waals surface area contributed by atoms with Gasteiger partial charge in [-0.05, 0) is 6.42 Å². The Morgan fingerprint density at radius 2 is 2.17 bits per heavy atom. The fraction of sp³-hybridized carbons (Fsp3) is 0.714. The van der Waals surface area contributed by atoms with Crippen molar-refractivity contribution in [2.45, 2.75) is 18.0 Å². The molecule has 0 aromatic carbocycles. The molecule has 0 saturated carbocycles. The van der Waals surface area contributed by atoms with Crippen LogP contribution >= 0.6 is 11.6 Å². The van der Waals surface area contributed by atoms with E-state index in [2.05, 4.69) is 22.9 Å². The molecule has 0 aromatic rings. The van der Waals surface area contributed by atoms with E-state index in [9.17, 15) is 13.2 Å². The molecule has 12 heavy (non-hydrogen) atoms. The summed E-state index contributed by atoms with van der Waals surface area (Å²) in [4.78, 5) is 0. The molecule has 0 fully saturated rings. The van der Waals surface area contributed by atoms with Crippen LogP contribution in [0.1, 0.15) is 6.42 Å². The summed E-state index contributed by atoms with van der Waals surface area (Å²) in [7, 11) is 0. The van der Waals surface area contributed by atoms with E-state index < -0.39 is 18.2 Å². The first kappa shape index (κ1) is 11.8. The molecule has 5 heteroatoms. The van der Waals surface area contributed by atoms with Crippen molar-refractivity contribution in [2.75, 3.05) is 13.2 Å². The van der Waals surface area contributed by atoms with Gasteiger partial charge < -0.3 is 4.74 Å². The Labute approximate surface area is 74.2 Å². The molecule has 1 nitrogen and oxygen atoms in total. The van der Waals surface area contributed by atoms with Gasteiger partial charge >= 0.3 is 5.92 Å². The molecular weight excluding hydrogens is 193 g/mol. The van der Waals surface area contributed by atoms with E-state index in [-0.39, 0.29) is 6.61 Å². The van der Waals surface area contributed by atoms with E-state index in [0.29, 0.717) is 6.42 Å². The highest BCUT2D eigenvalue weighted by atomic mass is 35.5. The largest absolute Gasteiger partial charge is 0.375 e. The van der Waals surface area contributed by atoms with Crippen molar-refractivity contribution in [2.24, 2.45) is 0 Å². The van der Waals surface area contributed by atoms with E-state index in [1.165, 1.54) is 6.08 Å². The summed E-state index contributed by atoms with van der Waals surface area (Å²) in [5.41, 5.74) is -2.69. The predicted molar refractivity (Wildman–Crippen MR) is 41.3 cm³/mol. The Hall–Kier alpha value is -0.220. The first-order chi connectivity index (χ1) is 5.50. The molecule has 0 aliphatic heterocycles. The van der Waals surface area contributed by atoms with E-state index in [1.54, 1.807) is 0 Å². The minimum absolute atomic E-state index is 0.0999. The number of halogens is 4. The van der Waals surface area contributed by atoms with Crippen molar-refractivity contribution < 1.29 is 17.9 Å². The van der Waals surface area contributed by atoms with Crippen LogP contribution in [-0.2, 0) is 4.74 Å². The van der Waals surface area contributed by atoms with Crippen LogP contribution in [0.4, 0.5) is 13.2 Å². The third-order valence-electron chi connectivity index (χ3n) is 1.08. The first-order valence-corrected chi connectivity index (χ1v) is 3.79. The van der Waals surface area contributed by atoms with Gasteiger partial charge in [-0.15, -0.1) is 6.58 Å². The maximum atomic E-state index is 12.3. The average molecular weight is 203 g/mol. The Kier molecular flexibility index (Phi) is 5.33. The zero-order valence-corrected chi connectivity index (χ0v) is 7.16. The van der Waals surface area contributed by atoms with Crippen molar-refractivity contribution in [1.29, 1.82) is 0 Å². The van der Waals surface area contributed by atoms with Crippen molar-refractivity contribution in [3.8, 4) is 0 Å². The lowest BCUT2D eigenvalue weighted by atomic mass is 10.4. The Morgan fingerprint density at radius 1 is 1.58 bits per heavy atom. The molecule has 0 spiro atoms. The smallest absolute Gasteiger partial charge is 0.315 e. The first-order valence-electron chi connectivity index (χ1n) is 3.35. The third-order valence-corrected chi connectivity index (χ3v) is 1.40. The van der Waals surface area contributed by atoms with Crippen molar-refractivity contribution in [3.05, 3.63) is 12.7 Å². The Balaban J connectivity index is 3.54. The van der Waals surface area contributed by atoms with Crippen LogP contribution in [0.15, 0.2) is 12.7 Å². The van der Waals surface area contributed by atoms with Gasteiger partial charge in [-0.3, -0.25) is 0 Å². The summed E-state index contributed by atoms with van der Waals surface area (Å²) in [5.74, 6) is -3.61. The van der Waals surface area contributed by atoms with Gasteiger partial charge in [-0.2, -0.15) is 8.78 Å².